The number of carbonyl (C=O) groups is 1. The normalized spacial score (nSPS) is 10.9. The molecule has 0 aliphatic heterocycles. The fourth-order valence-corrected chi connectivity index (χ4v) is 1.67. The highest BCUT2D eigenvalue weighted by molar-refractivity contribution is 5.67. The SMILES string of the molecule is CC(C)c1ccc(-c2noc(COCC(=O)O)n2)cc1. The first-order valence-electron chi connectivity index (χ1n) is 6.28. The summed E-state index contributed by atoms with van der Waals surface area (Å²) in [6, 6.07) is 7.91. The molecule has 0 fully saturated rings. The Hall–Kier alpha value is -2.21. The minimum atomic E-state index is -1.03. The Morgan fingerprint density at radius 3 is 2.65 bits per heavy atom. The number of aromatic nitrogens is 2. The van der Waals surface area contributed by atoms with Crippen LogP contribution in [-0.4, -0.2) is 27.8 Å². The molecule has 0 atom stereocenters. The molecule has 6 nitrogen and oxygen atoms in total. The van der Waals surface area contributed by atoms with Gasteiger partial charge in [0, 0.05) is 5.56 Å². The van der Waals surface area contributed by atoms with E-state index in [1.165, 1.54) is 5.56 Å². The van der Waals surface area contributed by atoms with E-state index in [4.69, 9.17) is 14.4 Å². The topological polar surface area (TPSA) is 85.5 Å². The number of hydrogen-bond donors (Lipinski definition) is 1. The second-order valence-electron chi connectivity index (χ2n) is 4.67. The van der Waals surface area contributed by atoms with Gasteiger partial charge in [-0.05, 0) is 11.5 Å². The summed E-state index contributed by atoms with van der Waals surface area (Å²) in [5.41, 5.74) is 2.09. The second kappa shape index (κ2) is 6.29. The predicted octanol–water partition coefficient (Wildman–Crippen LogP) is 2.46. The maximum atomic E-state index is 10.3. The molecule has 1 aromatic carbocycles. The predicted molar refractivity (Wildman–Crippen MR) is 71.1 cm³/mol. The van der Waals surface area contributed by atoms with E-state index < -0.39 is 5.97 Å². The van der Waals surface area contributed by atoms with Gasteiger partial charge in [-0.25, -0.2) is 4.79 Å². The van der Waals surface area contributed by atoms with Crippen molar-refractivity contribution >= 4 is 5.97 Å². The third kappa shape index (κ3) is 3.64. The molecule has 1 aromatic heterocycles. The third-order valence-electron chi connectivity index (χ3n) is 2.75. The third-order valence-corrected chi connectivity index (χ3v) is 2.75. The number of carboxylic acids is 1. The molecule has 0 aliphatic carbocycles. The van der Waals surface area contributed by atoms with Gasteiger partial charge in [0.2, 0.25) is 5.82 Å². The highest BCUT2D eigenvalue weighted by Crippen LogP contribution is 2.20. The first kappa shape index (κ1) is 14.2. The first-order chi connectivity index (χ1) is 9.56. The molecular weight excluding hydrogens is 260 g/mol. The van der Waals surface area contributed by atoms with E-state index in [0.717, 1.165) is 5.56 Å². The van der Waals surface area contributed by atoms with Gasteiger partial charge in [0.15, 0.2) is 0 Å². The molecule has 0 amide bonds. The minimum Gasteiger partial charge on any atom is -0.480 e. The molecule has 2 rings (SSSR count). The lowest BCUT2D eigenvalue weighted by Crippen LogP contribution is -2.06. The number of ether oxygens (including phenoxy) is 1. The summed E-state index contributed by atoms with van der Waals surface area (Å²) in [6.07, 6.45) is 0. The maximum absolute atomic E-state index is 10.3. The Kier molecular flexibility index (Phi) is 4.47. The van der Waals surface area contributed by atoms with Crippen LogP contribution < -0.4 is 0 Å². The molecule has 0 spiro atoms. The van der Waals surface area contributed by atoms with Crippen LogP contribution in [0.25, 0.3) is 11.4 Å². The first-order valence-corrected chi connectivity index (χ1v) is 6.28. The van der Waals surface area contributed by atoms with E-state index >= 15 is 0 Å². The van der Waals surface area contributed by atoms with Crippen LogP contribution in [0.5, 0.6) is 0 Å². The van der Waals surface area contributed by atoms with Crippen molar-refractivity contribution in [1.82, 2.24) is 10.1 Å². The number of rotatable bonds is 6. The maximum Gasteiger partial charge on any atom is 0.329 e. The van der Waals surface area contributed by atoms with E-state index in [0.29, 0.717) is 11.7 Å². The van der Waals surface area contributed by atoms with Gasteiger partial charge < -0.3 is 14.4 Å². The Balaban J connectivity index is 2.02. The molecule has 2 aromatic rings. The number of nitrogens with zero attached hydrogens (tertiary/aromatic N) is 2. The largest absolute Gasteiger partial charge is 0.480 e. The summed E-state index contributed by atoms with van der Waals surface area (Å²) in [5.74, 6) is 0.159. The standard InChI is InChI=1S/C14H16N2O4/c1-9(2)10-3-5-11(6-4-10)14-15-12(20-16-14)7-19-8-13(17)18/h3-6,9H,7-8H2,1-2H3,(H,17,18). The molecule has 0 unspecified atom stereocenters. The highest BCUT2D eigenvalue weighted by atomic mass is 16.5. The molecule has 0 saturated heterocycles. The Morgan fingerprint density at radius 2 is 2.05 bits per heavy atom. The second-order valence-corrected chi connectivity index (χ2v) is 4.67. The molecule has 20 heavy (non-hydrogen) atoms. The Labute approximate surface area is 116 Å². The van der Waals surface area contributed by atoms with Crippen molar-refractivity contribution in [2.45, 2.75) is 26.4 Å². The van der Waals surface area contributed by atoms with Gasteiger partial charge in [0.05, 0.1) is 0 Å². The molecule has 0 aliphatic rings. The van der Waals surface area contributed by atoms with Crippen molar-refractivity contribution in [2.75, 3.05) is 6.61 Å². The van der Waals surface area contributed by atoms with E-state index in [1.807, 2.05) is 24.3 Å². The number of carboxylic acid groups (broad SMARTS) is 1. The summed E-state index contributed by atoms with van der Waals surface area (Å²) in [5, 5.41) is 12.3. The van der Waals surface area contributed by atoms with E-state index in [1.54, 1.807) is 0 Å². The van der Waals surface area contributed by atoms with Crippen molar-refractivity contribution in [3.8, 4) is 11.4 Å². The number of hydrogen-bond acceptors (Lipinski definition) is 5. The average molecular weight is 276 g/mol. The zero-order valence-electron chi connectivity index (χ0n) is 11.4. The monoisotopic (exact) mass is 276 g/mol. The van der Waals surface area contributed by atoms with E-state index in [9.17, 15) is 4.79 Å². The lowest BCUT2D eigenvalue weighted by atomic mass is 10.0. The molecular formula is C14H16N2O4. The zero-order chi connectivity index (χ0) is 14.5. The molecule has 1 heterocycles. The van der Waals surface area contributed by atoms with Crippen molar-refractivity contribution in [3.63, 3.8) is 0 Å². The fraction of sp³-hybridized carbons (Fsp3) is 0.357. The van der Waals surface area contributed by atoms with Crippen LogP contribution in [-0.2, 0) is 16.1 Å². The minimum absolute atomic E-state index is 0.0105. The van der Waals surface area contributed by atoms with Gasteiger partial charge in [-0.1, -0.05) is 43.3 Å². The summed E-state index contributed by atoms with van der Waals surface area (Å²) in [6.45, 7) is 3.85. The number of aliphatic carboxylic acids is 1. The van der Waals surface area contributed by atoms with Crippen LogP contribution in [0.1, 0.15) is 31.2 Å². The summed E-state index contributed by atoms with van der Waals surface area (Å²) < 4.78 is 9.88. The molecule has 6 heteroatoms. The molecule has 0 bridgehead atoms. The molecule has 0 saturated carbocycles. The zero-order valence-corrected chi connectivity index (χ0v) is 11.4. The molecule has 106 valence electrons. The highest BCUT2D eigenvalue weighted by Gasteiger charge is 2.10. The summed E-state index contributed by atoms with van der Waals surface area (Å²) in [7, 11) is 0. The Bertz CT molecular complexity index is 575. The lowest BCUT2D eigenvalue weighted by molar-refractivity contribution is -0.142. The van der Waals surface area contributed by atoms with Gasteiger partial charge in [-0.15, -0.1) is 0 Å². The van der Waals surface area contributed by atoms with Crippen LogP contribution in [0, 0.1) is 0 Å². The smallest absolute Gasteiger partial charge is 0.329 e. The van der Waals surface area contributed by atoms with Gasteiger partial charge in [0.25, 0.3) is 5.89 Å². The Morgan fingerprint density at radius 1 is 1.35 bits per heavy atom. The van der Waals surface area contributed by atoms with Crippen molar-refractivity contribution < 1.29 is 19.2 Å². The fourth-order valence-electron chi connectivity index (χ4n) is 1.67. The van der Waals surface area contributed by atoms with E-state index in [2.05, 4.69) is 24.0 Å². The van der Waals surface area contributed by atoms with Gasteiger partial charge in [0.1, 0.15) is 13.2 Å². The van der Waals surface area contributed by atoms with Crippen LogP contribution in [0.3, 0.4) is 0 Å². The molecule has 0 radical (unpaired) electrons. The van der Waals surface area contributed by atoms with Crippen LogP contribution in [0.4, 0.5) is 0 Å². The quantitative estimate of drug-likeness (QED) is 0.872. The summed E-state index contributed by atoms with van der Waals surface area (Å²) >= 11 is 0. The van der Waals surface area contributed by atoms with Crippen molar-refractivity contribution in [1.29, 1.82) is 0 Å². The lowest BCUT2D eigenvalue weighted by Gasteiger charge is -2.04. The van der Waals surface area contributed by atoms with Gasteiger partial charge in [-0.2, -0.15) is 4.98 Å². The van der Waals surface area contributed by atoms with Crippen LogP contribution in [0.2, 0.25) is 0 Å². The average Bonchev–Trinajstić information content (AvgIpc) is 2.87. The van der Waals surface area contributed by atoms with Gasteiger partial charge in [-0.3, -0.25) is 0 Å². The van der Waals surface area contributed by atoms with Crippen LogP contribution >= 0.6 is 0 Å². The van der Waals surface area contributed by atoms with Crippen molar-refractivity contribution in [3.05, 3.63) is 35.7 Å². The van der Waals surface area contributed by atoms with E-state index in [-0.39, 0.29) is 19.1 Å². The van der Waals surface area contributed by atoms with Crippen LogP contribution in [0.15, 0.2) is 28.8 Å². The van der Waals surface area contributed by atoms with Gasteiger partial charge >= 0.3 is 5.97 Å². The molecule has 1 N–H and O–H groups in total. The summed E-state index contributed by atoms with van der Waals surface area (Å²) in [4.78, 5) is 14.5. The van der Waals surface area contributed by atoms with Crippen molar-refractivity contribution in [2.24, 2.45) is 0 Å². The number of benzene rings is 1.